The van der Waals surface area contributed by atoms with Crippen LogP contribution in [0.3, 0.4) is 0 Å². The third kappa shape index (κ3) is 3.32. The fourth-order valence-electron chi connectivity index (χ4n) is 4.27. The van der Waals surface area contributed by atoms with E-state index in [0.717, 1.165) is 48.4 Å². The molecule has 2 fully saturated rings. The van der Waals surface area contributed by atoms with Crippen molar-refractivity contribution in [3.8, 4) is 11.4 Å². The normalized spacial score (nSPS) is 25.0. The van der Waals surface area contributed by atoms with Crippen molar-refractivity contribution in [2.75, 3.05) is 19.7 Å². The first-order valence-corrected chi connectivity index (χ1v) is 9.98. The first kappa shape index (κ1) is 17.8. The van der Waals surface area contributed by atoms with Crippen LogP contribution in [-0.2, 0) is 4.74 Å². The molecule has 144 valence electrons. The summed E-state index contributed by atoms with van der Waals surface area (Å²) in [5.74, 6) is 1.70. The summed E-state index contributed by atoms with van der Waals surface area (Å²) in [6.45, 7) is 4.54. The lowest BCUT2D eigenvalue weighted by molar-refractivity contribution is -0.0502. The SMILES string of the molecule is Cc1ncc(-c2nccn2[C@@H]2C[C@H]3CO[C@@H](c4ccc(Cl)cc4)CN3C2)cn1. The topological polar surface area (TPSA) is 56.1 Å². The molecule has 2 aliphatic rings. The van der Waals surface area contributed by atoms with Crippen molar-refractivity contribution < 1.29 is 4.74 Å². The van der Waals surface area contributed by atoms with Gasteiger partial charge in [-0.1, -0.05) is 23.7 Å². The second-order valence-corrected chi connectivity index (χ2v) is 7.98. The maximum absolute atomic E-state index is 6.18. The predicted octanol–water partition coefficient (Wildman–Crippen LogP) is 3.69. The molecule has 0 N–H and O–H groups in total. The number of nitrogens with zero attached hydrogens (tertiary/aromatic N) is 5. The number of ether oxygens (including phenoxy) is 1. The molecular weight excluding hydrogens is 374 g/mol. The van der Waals surface area contributed by atoms with E-state index in [9.17, 15) is 0 Å². The maximum Gasteiger partial charge on any atom is 0.143 e. The van der Waals surface area contributed by atoms with Gasteiger partial charge in [0.1, 0.15) is 11.6 Å². The second kappa shape index (κ2) is 7.28. The van der Waals surface area contributed by atoms with Crippen LogP contribution in [0, 0.1) is 6.92 Å². The molecule has 7 heteroatoms. The molecular formula is C21H22ClN5O. The number of imidazole rings is 1. The Morgan fingerprint density at radius 3 is 2.61 bits per heavy atom. The fourth-order valence-corrected chi connectivity index (χ4v) is 4.39. The van der Waals surface area contributed by atoms with Gasteiger partial charge in [-0.15, -0.1) is 0 Å². The van der Waals surface area contributed by atoms with E-state index in [1.54, 1.807) is 0 Å². The first-order chi connectivity index (χ1) is 13.7. The molecule has 2 aromatic heterocycles. The van der Waals surface area contributed by atoms with Crippen molar-refractivity contribution in [1.82, 2.24) is 24.4 Å². The molecule has 0 bridgehead atoms. The Bertz CT molecular complexity index is 956. The molecule has 0 saturated carbocycles. The summed E-state index contributed by atoms with van der Waals surface area (Å²) in [5, 5.41) is 0.756. The van der Waals surface area contributed by atoms with Gasteiger partial charge in [0.2, 0.25) is 0 Å². The largest absolute Gasteiger partial charge is 0.371 e. The molecule has 5 rings (SSSR count). The number of aromatic nitrogens is 4. The van der Waals surface area contributed by atoms with Crippen LogP contribution < -0.4 is 0 Å². The summed E-state index contributed by atoms with van der Waals surface area (Å²) in [4.78, 5) is 15.8. The molecule has 2 saturated heterocycles. The van der Waals surface area contributed by atoms with Gasteiger partial charge < -0.3 is 9.30 Å². The van der Waals surface area contributed by atoms with E-state index in [0.29, 0.717) is 12.1 Å². The number of benzene rings is 1. The average molecular weight is 396 g/mol. The molecule has 6 nitrogen and oxygen atoms in total. The summed E-state index contributed by atoms with van der Waals surface area (Å²) < 4.78 is 8.45. The third-order valence-corrected chi connectivity index (χ3v) is 5.99. The molecule has 0 amide bonds. The highest BCUT2D eigenvalue weighted by atomic mass is 35.5. The van der Waals surface area contributed by atoms with Gasteiger partial charge in [0.05, 0.1) is 18.3 Å². The highest BCUT2D eigenvalue weighted by Gasteiger charge is 2.39. The Kier molecular flexibility index (Phi) is 4.62. The van der Waals surface area contributed by atoms with Crippen molar-refractivity contribution >= 4 is 11.6 Å². The minimum atomic E-state index is 0.0972. The van der Waals surface area contributed by atoms with Gasteiger partial charge >= 0.3 is 0 Å². The lowest BCUT2D eigenvalue weighted by atomic mass is 10.1. The summed E-state index contributed by atoms with van der Waals surface area (Å²) >= 11 is 6.02. The van der Waals surface area contributed by atoms with E-state index in [1.807, 2.05) is 37.6 Å². The van der Waals surface area contributed by atoms with Gasteiger partial charge in [-0.05, 0) is 31.0 Å². The molecule has 0 aliphatic carbocycles. The summed E-state index contributed by atoms with van der Waals surface area (Å²) in [5.41, 5.74) is 2.14. The van der Waals surface area contributed by atoms with Crippen LogP contribution in [0.25, 0.3) is 11.4 Å². The van der Waals surface area contributed by atoms with Gasteiger partial charge in [0.25, 0.3) is 0 Å². The average Bonchev–Trinajstić information content (AvgIpc) is 3.35. The minimum Gasteiger partial charge on any atom is -0.371 e. The quantitative estimate of drug-likeness (QED) is 0.677. The van der Waals surface area contributed by atoms with E-state index in [-0.39, 0.29) is 6.10 Å². The van der Waals surface area contributed by atoms with E-state index < -0.39 is 0 Å². The number of hydrogen-bond acceptors (Lipinski definition) is 5. The zero-order valence-corrected chi connectivity index (χ0v) is 16.5. The number of hydrogen-bond donors (Lipinski definition) is 0. The molecule has 0 spiro atoms. The van der Waals surface area contributed by atoms with Crippen LogP contribution in [0.2, 0.25) is 5.02 Å². The molecule has 0 radical (unpaired) electrons. The van der Waals surface area contributed by atoms with E-state index in [2.05, 4.69) is 42.7 Å². The molecule has 3 aromatic rings. The number of halogens is 1. The van der Waals surface area contributed by atoms with Gasteiger partial charge in [-0.2, -0.15) is 0 Å². The Morgan fingerprint density at radius 1 is 1.04 bits per heavy atom. The third-order valence-electron chi connectivity index (χ3n) is 5.74. The molecule has 0 unspecified atom stereocenters. The van der Waals surface area contributed by atoms with E-state index in [4.69, 9.17) is 16.3 Å². The Morgan fingerprint density at radius 2 is 1.82 bits per heavy atom. The first-order valence-electron chi connectivity index (χ1n) is 9.60. The number of rotatable bonds is 3. The van der Waals surface area contributed by atoms with Gasteiger partial charge in [0, 0.05) is 55.0 Å². The summed E-state index contributed by atoms with van der Waals surface area (Å²) in [6.07, 6.45) is 8.78. The zero-order chi connectivity index (χ0) is 19.1. The molecule has 1 aromatic carbocycles. The van der Waals surface area contributed by atoms with Crippen LogP contribution in [0.1, 0.15) is 30.0 Å². The molecule has 28 heavy (non-hydrogen) atoms. The standard InChI is InChI=1S/C21H22ClN5O/c1-14-24-9-16(10-25-14)21-23-6-7-27(21)18-8-19-13-28-20(12-26(19)11-18)15-2-4-17(22)5-3-15/h2-7,9-10,18-20H,8,11-13H2,1H3/t18-,19+,20-/m1/s1. The minimum absolute atomic E-state index is 0.0972. The summed E-state index contributed by atoms with van der Waals surface area (Å²) in [7, 11) is 0. The molecule has 4 heterocycles. The van der Waals surface area contributed by atoms with Crippen molar-refractivity contribution in [1.29, 1.82) is 0 Å². The zero-order valence-electron chi connectivity index (χ0n) is 15.7. The highest BCUT2D eigenvalue weighted by Crippen LogP contribution is 2.36. The maximum atomic E-state index is 6.18. The van der Waals surface area contributed by atoms with Gasteiger partial charge in [-0.3, -0.25) is 4.90 Å². The van der Waals surface area contributed by atoms with Crippen LogP contribution in [0.5, 0.6) is 0 Å². The highest BCUT2D eigenvalue weighted by molar-refractivity contribution is 6.30. The fraction of sp³-hybridized carbons (Fsp3) is 0.381. The molecule has 2 aliphatic heterocycles. The molecule has 3 atom stereocenters. The Labute approximate surface area is 169 Å². The lowest BCUT2D eigenvalue weighted by Gasteiger charge is -2.35. The lowest BCUT2D eigenvalue weighted by Crippen LogP contribution is -2.42. The van der Waals surface area contributed by atoms with Crippen molar-refractivity contribution in [2.45, 2.75) is 31.5 Å². The van der Waals surface area contributed by atoms with Gasteiger partial charge in [-0.25, -0.2) is 15.0 Å². The summed E-state index contributed by atoms with van der Waals surface area (Å²) in [6, 6.07) is 8.80. The van der Waals surface area contributed by atoms with Crippen molar-refractivity contribution in [3.63, 3.8) is 0 Å². The second-order valence-electron chi connectivity index (χ2n) is 7.55. The monoisotopic (exact) mass is 395 g/mol. The van der Waals surface area contributed by atoms with Crippen molar-refractivity contribution in [3.05, 3.63) is 65.5 Å². The van der Waals surface area contributed by atoms with Crippen LogP contribution in [0.15, 0.2) is 49.1 Å². The number of fused-ring (bicyclic) bond motifs is 1. The van der Waals surface area contributed by atoms with Crippen molar-refractivity contribution in [2.24, 2.45) is 0 Å². The van der Waals surface area contributed by atoms with E-state index >= 15 is 0 Å². The van der Waals surface area contributed by atoms with Crippen LogP contribution in [0.4, 0.5) is 0 Å². The number of morpholine rings is 1. The Balaban J connectivity index is 1.33. The Hall–Kier alpha value is -2.28. The number of aryl methyl sites for hydroxylation is 1. The smallest absolute Gasteiger partial charge is 0.143 e. The predicted molar refractivity (Wildman–Crippen MR) is 107 cm³/mol. The van der Waals surface area contributed by atoms with E-state index in [1.165, 1.54) is 5.56 Å². The van der Waals surface area contributed by atoms with Crippen LogP contribution >= 0.6 is 11.6 Å². The van der Waals surface area contributed by atoms with Gasteiger partial charge in [0.15, 0.2) is 0 Å². The van der Waals surface area contributed by atoms with Crippen LogP contribution in [-0.4, -0.2) is 50.2 Å².